The smallest absolute Gasteiger partial charge is 0.274 e. The number of benzene rings is 3. The lowest BCUT2D eigenvalue weighted by Gasteiger charge is -2.25. The maximum absolute atomic E-state index is 13.4. The van der Waals surface area contributed by atoms with Crippen LogP contribution in [0, 0.1) is 0 Å². The summed E-state index contributed by atoms with van der Waals surface area (Å²) in [6, 6.07) is 25.9. The maximum atomic E-state index is 13.4. The number of likely N-dealkylation sites (tertiary alicyclic amines) is 1. The van der Waals surface area contributed by atoms with Crippen molar-refractivity contribution in [1.29, 1.82) is 0 Å². The number of anilines is 1. The van der Waals surface area contributed by atoms with E-state index in [4.69, 9.17) is 5.73 Å². The lowest BCUT2D eigenvalue weighted by molar-refractivity contribution is 0.0917. The number of fused-ring (bicyclic) bond motifs is 1. The number of nitrogens with zero attached hydrogens (tertiary/aromatic N) is 3. The molecule has 1 aromatic heterocycles. The molecule has 2 aliphatic rings. The van der Waals surface area contributed by atoms with E-state index in [0.717, 1.165) is 51.7 Å². The molecule has 8 nitrogen and oxygen atoms in total. The van der Waals surface area contributed by atoms with Crippen molar-refractivity contribution in [3.63, 3.8) is 0 Å². The molecule has 42 heavy (non-hydrogen) atoms. The molecule has 3 aromatic carbocycles. The Hall–Kier alpha value is -4.56. The number of aromatic nitrogens is 2. The van der Waals surface area contributed by atoms with Gasteiger partial charge in [0.1, 0.15) is 0 Å². The van der Waals surface area contributed by atoms with Crippen LogP contribution >= 0.6 is 0 Å². The summed E-state index contributed by atoms with van der Waals surface area (Å²) in [5.74, 6) is -0.393. The molecule has 4 aromatic rings. The molecule has 0 spiro atoms. The number of hydrogen-bond donors (Lipinski definition) is 3. The number of nitrogens with one attached hydrogen (secondary N) is 2. The van der Waals surface area contributed by atoms with Crippen molar-refractivity contribution < 1.29 is 9.59 Å². The highest BCUT2D eigenvalue weighted by atomic mass is 16.2. The van der Waals surface area contributed by atoms with Crippen LogP contribution < -0.4 is 16.4 Å². The van der Waals surface area contributed by atoms with Crippen LogP contribution in [0.15, 0.2) is 85.1 Å². The van der Waals surface area contributed by atoms with Crippen LogP contribution in [0.3, 0.4) is 0 Å². The Labute approximate surface area is 246 Å². The van der Waals surface area contributed by atoms with Gasteiger partial charge < -0.3 is 16.4 Å². The van der Waals surface area contributed by atoms with E-state index < -0.39 is 0 Å². The van der Waals surface area contributed by atoms with E-state index in [1.165, 1.54) is 16.7 Å². The predicted octanol–water partition coefficient (Wildman–Crippen LogP) is 4.93. The van der Waals surface area contributed by atoms with Gasteiger partial charge in [0.05, 0.1) is 17.9 Å². The molecular formula is C34H36N6O2. The lowest BCUT2D eigenvalue weighted by Crippen LogP contribution is -2.43. The van der Waals surface area contributed by atoms with Crippen LogP contribution in [0.1, 0.15) is 69.3 Å². The summed E-state index contributed by atoms with van der Waals surface area (Å²) >= 11 is 0. The molecular weight excluding hydrogens is 524 g/mol. The summed E-state index contributed by atoms with van der Waals surface area (Å²) in [7, 11) is 0. The topological polar surface area (TPSA) is 113 Å². The average Bonchev–Trinajstić information content (AvgIpc) is 3.29. The minimum Gasteiger partial charge on any atom is -0.382 e. The van der Waals surface area contributed by atoms with Crippen molar-refractivity contribution in [2.45, 2.75) is 50.7 Å². The van der Waals surface area contributed by atoms with Crippen molar-refractivity contribution in [2.75, 3.05) is 18.8 Å². The Balaban J connectivity index is 1.14. The number of hydrogen-bond acceptors (Lipinski definition) is 6. The number of nitrogens with two attached hydrogens (primary N) is 1. The Kier molecular flexibility index (Phi) is 8.23. The van der Waals surface area contributed by atoms with E-state index in [1.54, 1.807) is 18.3 Å². The molecule has 1 saturated heterocycles. The molecule has 1 aliphatic heterocycles. The number of rotatable bonds is 7. The molecule has 0 saturated carbocycles. The van der Waals surface area contributed by atoms with Gasteiger partial charge in [0, 0.05) is 30.3 Å². The first-order valence-corrected chi connectivity index (χ1v) is 14.7. The fourth-order valence-corrected chi connectivity index (χ4v) is 6.05. The van der Waals surface area contributed by atoms with Crippen molar-refractivity contribution in [3.8, 4) is 11.3 Å². The minimum atomic E-state index is -0.331. The second-order valence-corrected chi connectivity index (χ2v) is 11.2. The van der Waals surface area contributed by atoms with Gasteiger partial charge in [-0.3, -0.25) is 14.5 Å². The van der Waals surface area contributed by atoms with Gasteiger partial charge >= 0.3 is 0 Å². The quantitative estimate of drug-likeness (QED) is 0.296. The van der Waals surface area contributed by atoms with Gasteiger partial charge in [-0.25, -0.2) is 9.97 Å². The number of carbonyl (C=O) groups excluding carboxylic acids is 2. The molecule has 2 atom stereocenters. The Morgan fingerprint density at radius 3 is 2.62 bits per heavy atom. The predicted molar refractivity (Wildman–Crippen MR) is 164 cm³/mol. The first-order valence-electron chi connectivity index (χ1n) is 14.7. The molecule has 1 aliphatic carbocycles. The zero-order chi connectivity index (χ0) is 28.9. The summed E-state index contributed by atoms with van der Waals surface area (Å²) in [4.78, 5) is 37.8. The molecule has 1 fully saturated rings. The van der Waals surface area contributed by atoms with Gasteiger partial charge in [0.15, 0.2) is 11.5 Å². The number of carbonyl (C=O) groups is 2. The van der Waals surface area contributed by atoms with E-state index in [0.29, 0.717) is 16.8 Å². The fraction of sp³-hybridized carbons (Fsp3) is 0.294. The van der Waals surface area contributed by atoms with E-state index in [9.17, 15) is 9.59 Å². The average molecular weight is 561 g/mol. The van der Waals surface area contributed by atoms with Gasteiger partial charge in [0.25, 0.3) is 11.8 Å². The summed E-state index contributed by atoms with van der Waals surface area (Å²) < 4.78 is 0. The summed E-state index contributed by atoms with van der Waals surface area (Å²) in [6.45, 7) is 2.61. The molecule has 6 rings (SSSR count). The zero-order valence-corrected chi connectivity index (χ0v) is 23.6. The van der Waals surface area contributed by atoms with Gasteiger partial charge in [-0.05, 0) is 61.1 Å². The molecule has 8 heteroatoms. The van der Waals surface area contributed by atoms with Crippen LogP contribution in [-0.2, 0) is 13.0 Å². The van der Waals surface area contributed by atoms with E-state index in [2.05, 4.69) is 61.9 Å². The second kappa shape index (κ2) is 12.5. The van der Waals surface area contributed by atoms with Crippen LogP contribution in [-0.4, -0.2) is 45.8 Å². The zero-order valence-electron chi connectivity index (χ0n) is 23.6. The SMILES string of the molecule is Nc1ncc(-c2cccc(C(=O)N[C@H]3CCc4ccccc43)c2)nc1C(=O)N[C@H]1CCCCN(Cc2ccccc2)C1. The van der Waals surface area contributed by atoms with Crippen molar-refractivity contribution in [3.05, 3.63) is 113 Å². The largest absolute Gasteiger partial charge is 0.382 e. The third-order valence-electron chi connectivity index (χ3n) is 8.21. The van der Waals surface area contributed by atoms with Crippen LogP contribution in [0.2, 0.25) is 0 Å². The first kappa shape index (κ1) is 27.6. The second-order valence-electron chi connectivity index (χ2n) is 11.2. The van der Waals surface area contributed by atoms with Crippen molar-refractivity contribution in [2.24, 2.45) is 0 Å². The summed E-state index contributed by atoms with van der Waals surface area (Å²) in [5.41, 5.74) is 11.7. The van der Waals surface area contributed by atoms with Crippen molar-refractivity contribution in [1.82, 2.24) is 25.5 Å². The highest BCUT2D eigenvalue weighted by molar-refractivity contribution is 5.97. The van der Waals surface area contributed by atoms with Crippen molar-refractivity contribution >= 4 is 17.6 Å². The summed E-state index contributed by atoms with van der Waals surface area (Å²) in [5, 5.41) is 6.34. The van der Waals surface area contributed by atoms with E-state index in [1.807, 2.05) is 30.3 Å². The fourth-order valence-electron chi connectivity index (χ4n) is 6.05. The van der Waals surface area contributed by atoms with Crippen LogP contribution in [0.5, 0.6) is 0 Å². The number of aryl methyl sites for hydroxylation is 1. The highest BCUT2D eigenvalue weighted by Crippen LogP contribution is 2.31. The van der Waals surface area contributed by atoms with Crippen LogP contribution in [0.25, 0.3) is 11.3 Å². The van der Waals surface area contributed by atoms with E-state index in [-0.39, 0.29) is 35.4 Å². The number of amides is 2. The Morgan fingerprint density at radius 1 is 0.905 bits per heavy atom. The molecule has 0 unspecified atom stereocenters. The standard InChI is InChI=1S/C34H36N6O2/c35-32-31(34(42)37-27-14-6-7-18-40(22-27)21-23-9-2-1-3-10-23)38-30(20-36-32)25-12-8-13-26(19-25)33(41)39-29-17-16-24-11-4-5-15-28(24)29/h1-5,8-13,15,19-20,27,29H,6-7,14,16-18,21-22H2,(H2,35,36)(H,37,42)(H,39,41)/t27-,29-/m0/s1. The summed E-state index contributed by atoms with van der Waals surface area (Å²) in [6.07, 6.45) is 6.42. The van der Waals surface area contributed by atoms with Gasteiger partial charge in [0.2, 0.25) is 0 Å². The minimum absolute atomic E-state index is 0.00317. The Bertz CT molecular complexity index is 1570. The molecule has 0 radical (unpaired) electrons. The molecule has 0 bridgehead atoms. The molecule has 214 valence electrons. The normalized spacial score (nSPS) is 18.6. The molecule has 2 heterocycles. The highest BCUT2D eigenvalue weighted by Gasteiger charge is 2.25. The number of nitrogen functional groups attached to an aromatic ring is 1. The van der Waals surface area contributed by atoms with E-state index >= 15 is 0 Å². The molecule has 4 N–H and O–H groups in total. The Morgan fingerprint density at radius 2 is 1.74 bits per heavy atom. The van der Waals surface area contributed by atoms with Gasteiger partial charge in [-0.1, -0.05) is 73.2 Å². The monoisotopic (exact) mass is 560 g/mol. The van der Waals surface area contributed by atoms with Gasteiger partial charge in [-0.15, -0.1) is 0 Å². The first-order chi connectivity index (χ1) is 20.5. The molecule has 2 amide bonds. The van der Waals surface area contributed by atoms with Gasteiger partial charge in [-0.2, -0.15) is 0 Å². The third-order valence-corrected chi connectivity index (χ3v) is 8.21. The maximum Gasteiger partial charge on any atom is 0.274 e. The van der Waals surface area contributed by atoms with Crippen LogP contribution in [0.4, 0.5) is 5.82 Å². The lowest BCUT2D eigenvalue weighted by atomic mass is 10.1. The third kappa shape index (κ3) is 6.34.